The summed E-state index contributed by atoms with van der Waals surface area (Å²) < 4.78 is 0. The number of phenolic OH excluding ortho intramolecular Hbond substituents is 2. The van der Waals surface area contributed by atoms with Gasteiger partial charge in [-0.15, -0.1) is 0 Å². The molecular weight excluding hydrogens is 669 g/mol. The topological polar surface area (TPSA) is 118 Å². The van der Waals surface area contributed by atoms with Crippen LogP contribution in [0, 0.1) is 10.8 Å². The van der Waals surface area contributed by atoms with Gasteiger partial charge in [-0.25, -0.2) is 29.9 Å². The molecule has 2 N–H and O–H groups in total. The third-order valence-electron chi connectivity index (χ3n) is 12.6. The highest BCUT2D eigenvalue weighted by Gasteiger charge is 2.38. The monoisotopic (exact) mass is 716 g/mol. The molecule has 8 rings (SSSR count). The number of aromatic nitrogens is 6. The third kappa shape index (κ3) is 6.63. The molecule has 0 saturated heterocycles. The second-order valence-electron chi connectivity index (χ2n) is 16.0. The average Bonchev–Trinajstić information content (AvgIpc) is 3.87. The Morgan fingerprint density at radius 2 is 0.759 bits per heavy atom. The van der Waals surface area contributed by atoms with Gasteiger partial charge in [0, 0.05) is 11.1 Å². The fourth-order valence-electron chi connectivity index (χ4n) is 8.91. The van der Waals surface area contributed by atoms with Crippen LogP contribution in [0.2, 0.25) is 0 Å². The Kier molecular flexibility index (Phi) is 9.46. The van der Waals surface area contributed by atoms with Crippen LogP contribution >= 0.6 is 0 Å². The van der Waals surface area contributed by atoms with E-state index in [0.29, 0.717) is 34.4 Å². The molecule has 2 aliphatic rings. The zero-order chi connectivity index (χ0) is 37.5. The molecule has 2 aliphatic carbocycles. The van der Waals surface area contributed by atoms with Gasteiger partial charge in [0.05, 0.1) is 11.1 Å². The molecule has 54 heavy (non-hydrogen) atoms. The van der Waals surface area contributed by atoms with Crippen molar-refractivity contribution in [3.05, 3.63) is 108 Å². The molecule has 274 valence electrons. The van der Waals surface area contributed by atoms with Crippen molar-refractivity contribution in [2.45, 2.75) is 90.9 Å². The van der Waals surface area contributed by atoms with Crippen molar-refractivity contribution in [3.8, 4) is 68.7 Å². The van der Waals surface area contributed by atoms with Crippen molar-refractivity contribution in [2.75, 3.05) is 0 Å². The smallest absolute Gasteiger partial charge is 0.202 e. The number of nitrogens with zero attached hydrogens (tertiary/aromatic N) is 6. The number of hydrogen-bond acceptors (Lipinski definition) is 8. The largest absolute Gasteiger partial charge is 0.507 e. The second-order valence-corrected chi connectivity index (χ2v) is 16.0. The molecular formula is C46H48N6O2. The Bertz CT molecular complexity index is 2120. The lowest BCUT2D eigenvalue weighted by Gasteiger charge is -2.33. The van der Waals surface area contributed by atoms with Gasteiger partial charge in [-0.3, -0.25) is 0 Å². The van der Waals surface area contributed by atoms with E-state index in [4.69, 9.17) is 29.9 Å². The van der Waals surface area contributed by atoms with E-state index in [1.165, 1.54) is 25.7 Å². The van der Waals surface area contributed by atoms with Gasteiger partial charge in [0.2, 0.25) is 11.6 Å². The Morgan fingerprint density at radius 1 is 0.426 bits per heavy atom. The number of hydrogen-bond donors (Lipinski definition) is 2. The fourth-order valence-corrected chi connectivity index (χ4v) is 8.91. The van der Waals surface area contributed by atoms with Gasteiger partial charge in [-0.1, -0.05) is 138 Å². The number of aromatic hydroxyl groups is 2. The summed E-state index contributed by atoms with van der Waals surface area (Å²) in [6, 6.07) is 31.0. The molecule has 0 bridgehead atoms. The normalized spacial score (nSPS) is 17.3. The summed E-state index contributed by atoms with van der Waals surface area (Å²) in [5, 5.41) is 23.2. The van der Waals surface area contributed by atoms with E-state index >= 15 is 0 Å². The predicted octanol–water partition coefficient (Wildman–Crippen LogP) is 11.2. The quantitative estimate of drug-likeness (QED) is 0.152. The lowest BCUT2D eigenvalue weighted by atomic mass is 9.72. The van der Waals surface area contributed by atoms with Crippen molar-refractivity contribution < 1.29 is 10.2 Å². The minimum Gasteiger partial charge on any atom is -0.507 e. The zero-order valence-corrected chi connectivity index (χ0v) is 31.6. The molecule has 0 spiro atoms. The van der Waals surface area contributed by atoms with Crippen LogP contribution in [0.25, 0.3) is 57.2 Å². The molecule has 6 aromatic rings. The van der Waals surface area contributed by atoms with Gasteiger partial charge in [-0.05, 0) is 71.6 Å². The van der Waals surface area contributed by atoms with Crippen LogP contribution in [0.4, 0.5) is 0 Å². The molecule has 0 radical (unpaired) electrons. The van der Waals surface area contributed by atoms with Gasteiger partial charge in [0.25, 0.3) is 0 Å². The van der Waals surface area contributed by atoms with Crippen LogP contribution in [0.3, 0.4) is 0 Å². The predicted molar refractivity (Wildman–Crippen MR) is 214 cm³/mol. The molecule has 2 fully saturated rings. The lowest BCUT2D eigenvalue weighted by Crippen LogP contribution is -2.21. The number of phenols is 2. The first-order valence-corrected chi connectivity index (χ1v) is 19.4. The average molecular weight is 717 g/mol. The van der Waals surface area contributed by atoms with Gasteiger partial charge >= 0.3 is 0 Å². The highest BCUT2D eigenvalue weighted by atomic mass is 16.3. The first kappa shape index (κ1) is 35.5. The molecule has 2 aromatic heterocycles. The summed E-state index contributed by atoms with van der Waals surface area (Å²) in [6.07, 6.45) is 9.31. The first-order chi connectivity index (χ1) is 26.1. The van der Waals surface area contributed by atoms with E-state index in [1.807, 2.05) is 72.8 Å². The number of rotatable bonds is 9. The highest BCUT2D eigenvalue weighted by Crippen LogP contribution is 2.52. The molecule has 8 nitrogen and oxygen atoms in total. The Morgan fingerprint density at radius 3 is 1.13 bits per heavy atom. The van der Waals surface area contributed by atoms with Crippen molar-refractivity contribution in [1.29, 1.82) is 0 Å². The second kappa shape index (κ2) is 14.4. The van der Waals surface area contributed by atoms with E-state index < -0.39 is 0 Å². The summed E-state index contributed by atoms with van der Waals surface area (Å²) >= 11 is 0. The van der Waals surface area contributed by atoms with Gasteiger partial charge in [-0.2, -0.15) is 0 Å². The maximum Gasteiger partial charge on any atom is 0.202 e. The molecule has 8 heteroatoms. The minimum absolute atomic E-state index is 0.0937. The lowest BCUT2D eigenvalue weighted by molar-refractivity contribution is 0.275. The number of benzene rings is 4. The van der Waals surface area contributed by atoms with E-state index in [9.17, 15) is 10.2 Å². The third-order valence-corrected chi connectivity index (χ3v) is 12.6. The van der Waals surface area contributed by atoms with E-state index in [2.05, 4.69) is 39.8 Å². The highest BCUT2D eigenvalue weighted by molar-refractivity contribution is 5.75. The standard InChI is InChI=1S/C46H48N6O2/c1-29(45(3)25-11-12-26-45)33-21-15-23-35(53)37(33)41-47-39(31-17-7-5-8-18-31)49-43(51-41)44-50-40(32-19-9-6-10-20-32)48-42(52-44)38-34(22-16-24-36(38)54)30(2)46(4)27-13-14-28-46/h5-10,15-24,29-30,53-54H,11-14,25-28H2,1-4H3. The summed E-state index contributed by atoms with van der Waals surface area (Å²) in [4.78, 5) is 30.2. The summed E-state index contributed by atoms with van der Waals surface area (Å²) in [5.74, 6) is 2.64. The molecule has 4 aromatic carbocycles. The first-order valence-electron chi connectivity index (χ1n) is 19.4. The van der Waals surface area contributed by atoms with E-state index in [1.54, 1.807) is 12.1 Å². The van der Waals surface area contributed by atoms with Crippen LogP contribution < -0.4 is 0 Å². The minimum atomic E-state index is 0.0937. The van der Waals surface area contributed by atoms with Crippen molar-refractivity contribution >= 4 is 0 Å². The van der Waals surface area contributed by atoms with Crippen LogP contribution in [-0.2, 0) is 0 Å². The zero-order valence-electron chi connectivity index (χ0n) is 31.6. The maximum atomic E-state index is 11.6. The Labute approximate surface area is 317 Å². The van der Waals surface area contributed by atoms with Crippen LogP contribution in [0.15, 0.2) is 97.1 Å². The molecule has 0 aliphatic heterocycles. The van der Waals surface area contributed by atoms with Gasteiger partial charge in [0.15, 0.2) is 23.3 Å². The van der Waals surface area contributed by atoms with Crippen LogP contribution in [0.5, 0.6) is 11.5 Å². The van der Waals surface area contributed by atoms with Crippen molar-refractivity contribution in [3.63, 3.8) is 0 Å². The molecule has 2 unspecified atom stereocenters. The summed E-state index contributed by atoms with van der Waals surface area (Å²) in [6.45, 7) is 9.22. The fraction of sp³-hybridized carbons (Fsp3) is 0.348. The SMILES string of the molecule is CC(c1cccc(O)c1-c1nc(-c2ccccc2)nc(-c2nc(-c3ccccc3)nc(-c3c(O)cccc3C(C)C3(C)CCCC3)n2)n1)C1(C)CCCC1. The summed E-state index contributed by atoms with van der Waals surface area (Å²) in [7, 11) is 0. The molecule has 2 saturated carbocycles. The molecule has 2 atom stereocenters. The van der Waals surface area contributed by atoms with Gasteiger partial charge in [0.1, 0.15) is 11.5 Å². The van der Waals surface area contributed by atoms with Crippen LogP contribution in [0.1, 0.15) is 102 Å². The molecule has 0 amide bonds. The van der Waals surface area contributed by atoms with Gasteiger partial charge < -0.3 is 10.2 Å². The maximum absolute atomic E-state index is 11.6. The van der Waals surface area contributed by atoms with E-state index in [-0.39, 0.29) is 45.8 Å². The molecule has 2 heterocycles. The summed E-state index contributed by atoms with van der Waals surface area (Å²) in [5.41, 5.74) is 4.99. The van der Waals surface area contributed by atoms with E-state index in [0.717, 1.165) is 47.9 Å². The Balaban J connectivity index is 1.36. The Hall–Kier alpha value is -5.50. The van der Waals surface area contributed by atoms with Crippen LogP contribution in [-0.4, -0.2) is 40.1 Å². The van der Waals surface area contributed by atoms with Crippen molar-refractivity contribution in [2.24, 2.45) is 10.8 Å². The van der Waals surface area contributed by atoms with Crippen molar-refractivity contribution in [1.82, 2.24) is 29.9 Å².